The van der Waals surface area contributed by atoms with Crippen LogP contribution in [-0.4, -0.2) is 14.2 Å². The van der Waals surface area contributed by atoms with Gasteiger partial charge >= 0.3 is 0 Å². The van der Waals surface area contributed by atoms with Gasteiger partial charge in [0.1, 0.15) is 11.6 Å². The summed E-state index contributed by atoms with van der Waals surface area (Å²) in [6.07, 6.45) is 0. The molecule has 1 N–H and O–H groups in total. The summed E-state index contributed by atoms with van der Waals surface area (Å²) >= 11 is 0. The third-order valence-electron chi connectivity index (χ3n) is 2.97. The second-order valence-corrected chi connectivity index (χ2v) is 4.50. The quantitative estimate of drug-likeness (QED) is 0.903. The first-order valence-corrected chi connectivity index (χ1v) is 6.40. The summed E-state index contributed by atoms with van der Waals surface area (Å²) in [6.45, 7) is 2.37. The molecule has 0 saturated carbocycles. The molecule has 0 radical (unpaired) electrons. The largest absolute Gasteiger partial charge is 0.493 e. The molecular weight excluding hydrogens is 257 g/mol. The summed E-state index contributed by atoms with van der Waals surface area (Å²) in [5.41, 5.74) is 1.57. The lowest BCUT2D eigenvalue weighted by Crippen LogP contribution is -2.08. The molecule has 20 heavy (non-hydrogen) atoms. The molecule has 0 atom stereocenters. The molecule has 106 valence electrons. The zero-order valence-electron chi connectivity index (χ0n) is 11.9. The number of hydrogen-bond donors (Lipinski definition) is 1. The highest BCUT2D eigenvalue weighted by Gasteiger charge is 2.12. The van der Waals surface area contributed by atoms with Gasteiger partial charge in [0.25, 0.3) is 0 Å². The van der Waals surface area contributed by atoms with Crippen LogP contribution >= 0.6 is 0 Å². The summed E-state index contributed by atoms with van der Waals surface area (Å²) in [6, 6.07) is 10.4. The highest BCUT2D eigenvalue weighted by atomic mass is 19.1. The molecule has 0 saturated heterocycles. The van der Waals surface area contributed by atoms with Crippen LogP contribution in [-0.2, 0) is 6.54 Å². The van der Waals surface area contributed by atoms with Crippen molar-refractivity contribution in [3.63, 3.8) is 0 Å². The predicted molar refractivity (Wildman–Crippen MR) is 77.0 cm³/mol. The Balaban J connectivity index is 2.37. The van der Waals surface area contributed by atoms with Gasteiger partial charge in [0.05, 0.1) is 7.11 Å². The summed E-state index contributed by atoms with van der Waals surface area (Å²) in [4.78, 5) is 0. The number of rotatable bonds is 5. The fourth-order valence-electron chi connectivity index (χ4n) is 1.96. The van der Waals surface area contributed by atoms with Crippen LogP contribution in [0.2, 0.25) is 0 Å². The predicted octanol–water partition coefficient (Wildman–Crippen LogP) is 3.65. The molecule has 2 aromatic rings. The van der Waals surface area contributed by atoms with E-state index in [9.17, 15) is 4.39 Å². The summed E-state index contributed by atoms with van der Waals surface area (Å²) in [7, 11) is 3.35. The SMILES string of the molecule is CNCc1c(F)cccc1Oc1ccc(C)cc1OC. The number of nitrogens with one attached hydrogen (secondary N) is 1. The topological polar surface area (TPSA) is 30.5 Å². The minimum absolute atomic E-state index is 0.289. The Hall–Kier alpha value is -2.07. The lowest BCUT2D eigenvalue weighted by Gasteiger charge is -2.14. The van der Waals surface area contributed by atoms with E-state index in [0.29, 0.717) is 29.4 Å². The van der Waals surface area contributed by atoms with Gasteiger partial charge in [0.2, 0.25) is 0 Å². The molecule has 0 aromatic heterocycles. The van der Waals surface area contributed by atoms with Crippen molar-refractivity contribution in [3.8, 4) is 17.2 Å². The van der Waals surface area contributed by atoms with Crippen LogP contribution in [0.1, 0.15) is 11.1 Å². The fourth-order valence-corrected chi connectivity index (χ4v) is 1.96. The fraction of sp³-hybridized carbons (Fsp3) is 0.250. The third-order valence-corrected chi connectivity index (χ3v) is 2.97. The van der Waals surface area contributed by atoms with Crippen LogP contribution in [0.5, 0.6) is 17.2 Å². The van der Waals surface area contributed by atoms with Crippen molar-refractivity contribution in [1.82, 2.24) is 5.32 Å². The molecular formula is C16H18FNO2. The van der Waals surface area contributed by atoms with Gasteiger partial charge in [-0.2, -0.15) is 0 Å². The van der Waals surface area contributed by atoms with Gasteiger partial charge in [0, 0.05) is 12.1 Å². The third kappa shape index (κ3) is 3.08. The Labute approximate surface area is 118 Å². The van der Waals surface area contributed by atoms with Gasteiger partial charge in [-0.15, -0.1) is 0 Å². The van der Waals surface area contributed by atoms with Crippen LogP contribution in [0.15, 0.2) is 36.4 Å². The second-order valence-electron chi connectivity index (χ2n) is 4.50. The molecule has 0 amide bonds. The van der Waals surface area contributed by atoms with E-state index >= 15 is 0 Å². The van der Waals surface area contributed by atoms with E-state index in [-0.39, 0.29) is 5.82 Å². The average Bonchev–Trinajstić information content (AvgIpc) is 2.44. The zero-order valence-corrected chi connectivity index (χ0v) is 11.9. The number of ether oxygens (including phenoxy) is 2. The normalized spacial score (nSPS) is 10.4. The molecule has 0 aliphatic carbocycles. The van der Waals surface area contributed by atoms with Crippen molar-refractivity contribution in [2.75, 3.05) is 14.2 Å². The van der Waals surface area contributed by atoms with Crippen molar-refractivity contribution in [1.29, 1.82) is 0 Å². The molecule has 0 aliphatic rings. The number of methoxy groups -OCH3 is 1. The molecule has 4 heteroatoms. The van der Waals surface area contributed by atoms with Crippen molar-refractivity contribution < 1.29 is 13.9 Å². The molecule has 0 bridgehead atoms. The summed E-state index contributed by atoms with van der Waals surface area (Å²) in [5, 5.41) is 2.94. The Morgan fingerprint density at radius 2 is 1.90 bits per heavy atom. The Morgan fingerprint density at radius 1 is 1.10 bits per heavy atom. The number of halogens is 1. The van der Waals surface area contributed by atoms with Gasteiger partial charge in [-0.05, 0) is 43.8 Å². The van der Waals surface area contributed by atoms with Gasteiger partial charge in [-0.3, -0.25) is 0 Å². The van der Waals surface area contributed by atoms with E-state index in [1.54, 1.807) is 26.3 Å². The maximum absolute atomic E-state index is 13.8. The monoisotopic (exact) mass is 275 g/mol. The lowest BCUT2D eigenvalue weighted by atomic mass is 10.1. The van der Waals surface area contributed by atoms with E-state index in [2.05, 4.69) is 5.32 Å². The van der Waals surface area contributed by atoms with Crippen LogP contribution in [0, 0.1) is 12.7 Å². The van der Waals surface area contributed by atoms with Gasteiger partial charge in [-0.25, -0.2) is 4.39 Å². The smallest absolute Gasteiger partial charge is 0.169 e. The Kier molecular flexibility index (Phi) is 4.58. The molecule has 2 rings (SSSR count). The van der Waals surface area contributed by atoms with Crippen LogP contribution < -0.4 is 14.8 Å². The molecule has 2 aromatic carbocycles. The number of benzene rings is 2. The molecule has 3 nitrogen and oxygen atoms in total. The highest BCUT2D eigenvalue weighted by Crippen LogP contribution is 2.34. The van der Waals surface area contributed by atoms with Gasteiger partial charge in [0.15, 0.2) is 11.5 Å². The number of hydrogen-bond acceptors (Lipinski definition) is 3. The maximum Gasteiger partial charge on any atom is 0.169 e. The summed E-state index contributed by atoms with van der Waals surface area (Å²) < 4.78 is 24.9. The van der Waals surface area contributed by atoms with Crippen molar-refractivity contribution >= 4 is 0 Å². The van der Waals surface area contributed by atoms with E-state index in [4.69, 9.17) is 9.47 Å². The van der Waals surface area contributed by atoms with Gasteiger partial charge in [-0.1, -0.05) is 12.1 Å². The highest BCUT2D eigenvalue weighted by molar-refractivity contribution is 5.47. The first kappa shape index (κ1) is 14.3. The average molecular weight is 275 g/mol. The van der Waals surface area contributed by atoms with Crippen molar-refractivity contribution in [2.45, 2.75) is 13.5 Å². The molecule has 0 spiro atoms. The summed E-state index contributed by atoms with van der Waals surface area (Å²) in [5.74, 6) is 1.40. The molecule has 0 fully saturated rings. The van der Waals surface area contributed by atoms with E-state index in [1.165, 1.54) is 6.07 Å². The van der Waals surface area contributed by atoms with E-state index < -0.39 is 0 Å². The lowest BCUT2D eigenvalue weighted by molar-refractivity contribution is 0.375. The minimum Gasteiger partial charge on any atom is -0.493 e. The second kappa shape index (κ2) is 6.39. The first-order valence-electron chi connectivity index (χ1n) is 6.40. The van der Waals surface area contributed by atoms with Crippen LogP contribution in [0.4, 0.5) is 4.39 Å². The molecule has 0 aliphatic heterocycles. The van der Waals surface area contributed by atoms with Gasteiger partial charge < -0.3 is 14.8 Å². The van der Waals surface area contributed by atoms with E-state index in [0.717, 1.165) is 5.56 Å². The Bertz CT molecular complexity index is 599. The molecule has 0 unspecified atom stereocenters. The van der Waals surface area contributed by atoms with Crippen molar-refractivity contribution in [3.05, 3.63) is 53.3 Å². The first-order chi connectivity index (χ1) is 9.65. The number of aryl methyl sites for hydroxylation is 1. The van der Waals surface area contributed by atoms with E-state index in [1.807, 2.05) is 25.1 Å². The zero-order chi connectivity index (χ0) is 14.5. The van der Waals surface area contributed by atoms with Crippen molar-refractivity contribution in [2.24, 2.45) is 0 Å². The molecule has 0 heterocycles. The van der Waals surface area contributed by atoms with Crippen LogP contribution in [0.3, 0.4) is 0 Å². The van der Waals surface area contributed by atoms with Crippen LogP contribution in [0.25, 0.3) is 0 Å². The Morgan fingerprint density at radius 3 is 2.60 bits per heavy atom. The minimum atomic E-state index is -0.289. The maximum atomic E-state index is 13.8. The standard InChI is InChI=1S/C16H18FNO2/c1-11-7-8-15(16(9-11)19-3)20-14-6-4-5-13(17)12(14)10-18-2/h4-9,18H,10H2,1-3H3.